The molecule has 0 saturated heterocycles. The second kappa shape index (κ2) is 5.09. The van der Waals surface area contributed by atoms with Crippen LogP contribution in [0.2, 0.25) is 0 Å². The van der Waals surface area contributed by atoms with Crippen molar-refractivity contribution in [2.24, 2.45) is 22.7 Å². The first-order valence-corrected chi connectivity index (χ1v) is 8.67. The standard InChI is InChI=1S/C19H28O4/c1-10-7-8-19-11(2)15(22-12(3)20)9-14(18(19,5)6)17(16(10)19)23-13(4)21/h11,14-15,17H,7-9H2,1-6H3. The molecule has 5 atom stereocenters. The fourth-order valence-corrected chi connectivity index (χ4v) is 6.04. The van der Waals surface area contributed by atoms with E-state index in [1.54, 1.807) is 0 Å². The Morgan fingerprint density at radius 1 is 1.13 bits per heavy atom. The quantitative estimate of drug-likeness (QED) is 0.576. The van der Waals surface area contributed by atoms with E-state index in [1.807, 2.05) is 0 Å². The molecule has 2 saturated carbocycles. The minimum Gasteiger partial charge on any atom is -0.462 e. The van der Waals surface area contributed by atoms with Crippen molar-refractivity contribution in [1.29, 1.82) is 0 Å². The van der Waals surface area contributed by atoms with E-state index in [2.05, 4.69) is 27.7 Å². The molecule has 0 amide bonds. The Hall–Kier alpha value is -1.32. The maximum atomic E-state index is 11.7. The van der Waals surface area contributed by atoms with Gasteiger partial charge in [0.2, 0.25) is 0 Å². The first-order chi connectivity index (χ1) is 10.6. The van der Waals surface area contributed by atoms with E-state index in [-0.39, 0.29) is 46.8 Å². The highest BCUT2D eigenvalue weighted by Gasteiger charge is 2.71. The van der Waals surface area contributed by atoms with E-state index in [0.717, 1.165) is 19.3 Å². The molecular weight excluding hydrogens is 292 g/mol. The largest absolute Gasteiger partial charge is 0.462 e. The van der Waals surface area contributed by atoms with E-state index in [1.165, 1.54) is 25.0 Å². The van der Waals surface area contributed by atoms with E-state index in [9.17, 15) is 9.59 Å². The van der Waals surface area contributed by atoms with Gasteiger partial charge in [-0.2, -0.15) is 0 Å². The van der Waals surface area contributed by atoms with Crippen molar-refractivity contribution in [1.82, 2.24) is 0 Å². The Labute approximate surface area is 138 Å². The van der Waals surface area contributed by atoms with Gasteiger partial charge in [0.25, 0.3) is 0 Å². The number of hydrogen-bond acceptors (Lipinski definition) is 4. The summed E-state index contributed by atoms with van der Waals surface area (Å²) in [4.78, 5) is 23.2. The number of carbonyl (C=O) groups excluding carboxylic acids is 2. The summed E-state index contributed by atoms with van der Waals surface area (Å²) in [5.74, 6) is 0.00175. The molecule has 2 fully saturated rings. The topological polar surface area (TPSA) is 52.6 Å². The number of carbonyl (C=O) groups is 2. The molecule has 4 nitrogen and oxygen atoms in total. The molecule has 4 heteroatoms. The lowest BCUT2D eigenvalue weighted by Gasteiger charge is -2.53. The van der Waals surface area contributed by atoms with Crippen LogP contribution in [-0.2, 0) is 19.1 Å². The smallest absolute Gasteiger partial charge is 0.303 e. The van der Waals surface area contributed by atoms with Crippen LogP contribution in [0.15, 0.2) is 11.1 Å². The molecule has 3 rings (SSSR count). The molecule has 3 aliphatic rings. The number of ether oxygens (including phenoxy) is 2. The zero-order chi connectivity index (χ0) is 17.2. The number of rotatable bonds is 2. The summed E-state index contributed by atoms with van der Waals surface area (Å²) in [7, 11) is 0. The number of fused-ring (bicyclic) bond motifs is 1. The minimum atomic E-state index is -0.225. The van der Waals surface area contributed by atoms with Gasteiger partial charge in [-0.15, -0.1) is 0 Å². The van der Waals surface area contributed by atoms with E-state index in [0.29, 0.717) is 0 Å². The number of esters is 2. The van der Waals surface area contributed by atoms with Gasteiger partial charge in [-0.05, 0) is 37.2 Å². The summed E-state index contributed by atoms with van der Waals surface area (Å²) < 4.78 is 11.5. The molecule has 128 valence electrons. The molecule has 5 unspecified atom stereocenters. The van der Waals surface area contributed by atoms with Gasteiger partial charge in [0.05, 0.1) is 0 Å². The van der Waals surface area contributed by atoms with Crippen LogP contribution in [0.4, 0.5) is 0 Å². The van der Waals surface area contributed by atoms with E-state index in [4.69, 9.17) is 9.47 Å². The Kier molecular flexibility index (Phi) is 3.66. The van der Waals surface area contributed by atoms with Gasteiger partial charge in [-0.3, -0.25) is 9.59 Å². The van der Waals surface area contributed by atoms with Crippen LogP contribution in [0.1, 0.15) is 60.8 Å². The molecular formula is C19H28O4. The van der Waals surface area contributed by atoms with Gasteiger partial charge in [-0.1, -0.05) is 26.3 Å². The lowest BCUT2D eigenvalue weighted by atomic mass is 9.52. The summed E-state index contributed by atoms with van der Waals surface area (Å²) in [6, 6.07) is 0. The Morgan fingerprint density at radius 2 is 1.74 bits per heavy atom. The predicted octanol–water partition coefficient (Wildman–Crippen LogP) is 3.64. The van der Waals surface area contributed by atoms with Gasteiger partial charge >= 0.3 is 11.9 Å². The summed E-state index contributed by atoms with van der Waals surface area (Å²) in [5, 5.41) is 0. The number of hydrogen-bond donors (Lipinski definition) is 0. The van der Waals surface area contributed by atoms with Gasteiger partial charge in [0, 0.05) is 31.1 Å². The third-order valence-corrected chi connectivity index (χ3v) is 6.99. The highest BCUT2D eigenvalue weighted by Crippen LogP contribution is 2.73. The van der Waals surface area contributed by atoms with Gasteiger partial charge in [0.1, 0.15) is 12.2 Å². The van der Waals surface area contributed by atoms with E-state index < -0.39 is 0 Å². The lowest BCUT2D eigenvalue weighted by Crippen LogP contribution is -2.52. The average molecular weight is 320 g/mol. The summed E-state index contributed by atoms with van der Waals surface area (Å²) in [6.07, 6.45) is 2.62. The second-order valence-electron chi connectivity index (χ2n) is 8.20. The second-order valence-corrected chi connectivity index (χ2v) is 8.20. The first-order valence-electron chi connectivity index (χ1n) is 8.67. The molecule has 0 heterocycles. The van der Waals surface area contributed by atoms with Crippen molar-refractivity contribution >= 4 is 11.9 Å². The van der Waals surface area contributed by atoms with Crippen LogP contribution >= 0.6 is 0 Å². The molecule has 0 radical (unpaired) electrons. The minimum absolute atomic E-state index is 0.0275. The Bertz CT molecular complexity index is 588. The van der Waals surface area contributed by atoms with Crippen LogP contribution in [0.5, 0.6) is 0 Å². The van der Waals surface area contributed by atoms with Crippen molar-refractivity contribution in [3.05, 3.63) is 11.1 Å². The van der Waals surface area contributed by atoms with Crippen LogP contribution in [0.3, 0.4) is 0 Å². The Balaban J connectivity index is 2.12. The van der Waals surface area contributed by atoms with Crippen LogP contribution in [0, 0.1) is 22.7 Å². The molecule has 0 aromatic carbocycles. The van der Waals surface area contributed by atoms with Crippen molar-refractivity contribution in [3.63, 3.8) is 0 Å². The maximum absolute atomic E-state index is 11.7. The van der Waals surface area contributed by atoms with Gasteiger partial charge in [0.15, 0.2) is 0 Å². The van der Waals surface area contributed by atoms with Crippen molar-refractivity contribution in [3.8, 4) is 0 Å². The maximum Gasteiger partial charge on any atom is 0.303 e. The number of allylic oxidation sites excluding steroid dienone is 1. The van der Waals surface area contributed by atoms with Crippen LogP contribution in [-0.4, -0.2) is 24.1 Å². The third kappa shape index (κ3) is 2.03. The SMILES string of the molecule is CC(=O)OC1CC2C(OC(C)=O)C3=C(C)CCC3(C1C)C2(C)C. The summed E-state index contributed by atoms with van der Waals surface area (Å²) >= 11 is 0. The van der Waals surface area contributed by atoms with Crippen molar-refractivity contribution in [2.45, 2.75) is 73.0 Å². The Morgan fingerprint density at radius 3 is 2.30 bits per heavy atom. The molecule has 23 heavy (non-hydrogen) atoms. The molecule has 0 aromatic rings. The first kappa shape index (κ1) is 16.5. The zero-order valence-electron chi connectivity index (χ0n) is 15.1. The molecule has 3 aliphatic carbocycles. The highest BCUT2D eigenvalue weighted by atomic mass is 16.6. The van der Waals surface area contributed by atoms with Crippen LogP contribution in [0.25, 0.3) is 0 Å². The van der Waals surface area contributed by atoms with Crippen molar-refractivity contribution in [2.75, 3.05) is 0 Å². The van der Waals surface area contributed by atoms with Crippen LogP contribution < -0.4 is 0 Å². The monoisotopic (exact) mass is 320 g/mol. The molecule has 0 aliphatic heterocycles. The molecule has 0 N–H and O–H groups in total. The normalized spacial score (nSPS) is 40.8. The third-order valence-electron chi connectivity index (χ3n) is 6.99. The average Bonchev–Trinajstić information content (AvgIpc) is 2.81. The molecule has 0 aromatic heterocycles. The predicted molar refractivity (Wildman–Crippen MR) is 86.5 cm³/mol. The fraction of sp³-hybridized carbons (Fsp3) is 0.789. The summed E-state index contributed by atoms with van der Waals surface area (Å²) in [5.41, 5.74) is 2.70. The highest BCUT2D eigenvalue weighted by molar-refractivity contribution is 5.67. The van der Waals surface area contributed by atoms with E-state index >= 15 is 0 Å². The lowest BCUT2D eigenvalue weighted by molar-refractivity contribution is -0.167. The van der Waals surface area contributed by atoms with Gasteiger partial charge < -0.3 is 9.47 Å². The molecule has 2 bridgehead atoms. The fourth-order valence-electron chi connectivity index (χ4n) is 6.04. The molecule has 1 spiro atoms. The van der Waals surface area contributed by atoms with Gasteiger partial charge in [-0.25, -0.2) is 0 Å². The summed E-state index contributed by atoms with van der Waals surface area (Å²) in [6.45, 7) is 12.0. The van der Waals surface area contributed by atoms with Crippen molar-refractivity contribution < 1.29 is 19.1 Å². The zero-order valence-corrected chi connectivity index (χ0v) is 15.1.